The number of rotatable bonds is 7. The summed E-state index contributed by atoms with van der Waals surface area (Å²) in [6, 6.07) is 18.4. The van der Waals surface area contributed by atoms with E-state index >= 15 is 0 Å². The monoisotopic (exact) mass is 515 g/mol. The highest BCUT2D eigenvalue weighted by atomic mass is 16.3. The predicted molar refractivity (Wildman–Crippen MR) is 158 cm³/mol. The topological polar surface area (TPSA) is 54.9 Å². The van der Waals surface area contributed by atoms with E-state index in [-0.39, 0.29) is 5.54 Å². The second kappa shape index (κ2) is 11.2. The molecule has 0 amide bonds. The maximum Gasteiger partial charge on any atom is 0.115 e. The first-order chi connectivity index (χ1) is 18.3. The van der Waals surface area contributed by atoms with Crippen LogP contribution in [0.5, 0.6) is 5.75 Å². The predicted octanol–water partition coefficient (Wildman–Crippen LogP) is 5.52. The van der Waals surface area contributed by atoms with Gasteiger partial charge in [-0.05, 0) is 94.7 Å². The minimum atomic E-state index is -0.0637. The van der Waals surface area contributed by atoms with Crippen molar-refractivity contribution in [1.29, 1.82) is 0 Å². The molecular weight excluding hydrogens is 470 g/mol. The lowest BCUT2D eigenvalue weighted by molar-refractivity contribution is 0.115. The van der Waals surface area contributed by atoms with Crippen LogP contribution in [0.15, 0.2) is 54.7 Å². The zero-order valence-corrected chi connectivity index (χ0v) is 23.8. The average molecular weight is 516 g/mol. The third-order valence-corrected chi connectivity index (χ3v) is 8.85. The van der Waals surface area contributed by atoms with Crippen LogP contribution in [-0.4, -0.2) is 72.2 Å². The SMILES string of the molecule is CCCC(c1cnc2ccc(N3CCC(c4cccc(O)c4)(N(C)C)CC3)cc2c1)N1CC(C)NC(C)C1. The number of nitrogens with one attached hydrogen (secondary N) is 1. The zero-order chi connectivity index (χ0) is 26.9. The van der Waals surface area contributed by atoms with Crippen LogP contribution in [-0.2, 0) is 5.54 Å². The van der Waals surface area contributed by atoms with Gasteiger partial charge in [0.1, 0.15) is 5.75 Å². The standard InChI is InChI=1S/C32H45N5O/c1-6-8-31(37-21-23(2)34-24(3)22-37)26-17-25-18-28(11-12-30(25)33-20-26)36-15-13-32(14-16-36,35(4)5)27-9-7-10-29(38)19-27/h7,9-12,17-20,23-24,31,34,38H,6,8,13-16,21-22H2,1-5H3. The van der Waals surface area contributed by atoms with Crippen molar-refractivity contribution in [2.45, 2.75) is 70.1 Å². The number of hydrogen-bond donors (Lipinski definition) is 2. The summed E-state index contributed by atoms with van der Waals surface area (Å²) >= 11 is 0. The highest BCUT2D eigenvalue weighted by Crippen LogP contribution is 2.40. The molecule has 3 unspecified atom stereocenters. The van der Waals surface area contributed by atoms with Crippen LogP contribution in [0, 0.1) is 0 Å². The van der Waals surface area contributed by atoms with E-state index < -0.39 is 0 Å². The molecule has 2 aromatic carbocycles. The Bertz CT molecular complexity index is 1230. The van der Waals surface area contributed by atoms with Gasteiger partial charge in [-0.3, -0.25) is 14.8 Å². The lowest BCUT2D eigenvalue weighted by atomic mass is 9.79. The summed E-state index contributed by atoms with van der Waals surface area (Å²) in [5, 5.41) is 15.0. The third-order valence-electron chi connectivity index (χ3n) is 8.85. The van der Waals surface area contributed by atoms with Gasteiger partial charge in [0.25, 0.3) is 0 Å². The van der Waals surface area contributed by atoms with E-state index in [9.17, 15) is 5.11 Å². The van der Waals surface area contributed by atoms with Crippen molar-refractivity contribution < 1.29 is 5.11 Å². The Morgan fingerprint density at radius 3 is 2.45 bits per heavy atom. The molecule has 0 saturated carbocycles. The minimum absolute atomic E-state index is 0.0637. The first-order valence-electron chi connectivity index (χ1n) is 14.4. The van der Waals surface area contributed by atoms with Crippen LogP contribution in [0.25, 0.3) is 10.9 Å². The number of nitrogens with zero attached hydrogens (tertiary/aromatic N) is 4. The lowest BCUT2D eigenvalue weighted by Crippen LogP contribution is -2.55. The van der Waals surface area contributed by atoms with Gasteiger partial charge in [-0.15, -0.1) is 0 Å². The molecule has 38 heavy (non-hydrogen) atoms. The number of phenols is 1. The third kappa shape index (κ3) is 5.40. The molecule has 0 spiro atoms. The van der Waals surface area contributed by atoms with Crippen LogP contribution < -0.4 is 10.2 Å². The lowest BCUT2D eigenvalue weighted by Gasteiger charge is -2.47. The molecule has 2 aliphatic rings. The highest BCUT2D eigenvalue weighted by Gasteiger charge is 2.38. The first kappa shape index (κ1) is 26.9. The summed E-state index contributed by atoms with van der Waals surface area (Å²) in [6.45, 7) is 11.0. The van der Waals surface area contributed by atoms with E-state index in [1.165, 1.54) is 22.2 Å². The van der Waals surface area contributed by atoms with Crippen molar-refractivity contribution in [1.82, 2.24) is 20.1 Å². The summed E-state index contributed by atoms with van der Waals surface area (Å²) in [6.07, 6.45) is 6.45. The summed E-state index contributed by atoms with van der Waals surface area (Å²) in [7, 11) is 4.32. The molecule has 3 atom stereocenters. The summed E-state index contributed by atoms with van der Waals surface area (Å²) in [5.41, 5.74) is 4.82. The van der Waals surface area contributed by atoms with E-state index in [0.717, 1.165) is 57.4 Å². The van der Waals surface area contributed by atoms with Gasteiger partial charge in [0.15, 0.2) is 0 Å². The van der Waals surface area contributed by atoms with Crippen molar-refractivity contribution in [2.24, 2.45) is 0 Å². The molecular formula is C32H45N5O. The Hall–Kier alpha value is -2.67. The molecule has 0 bridgehead atoms. The number of pyridine rings is 1. The van der Waals surface area contributed by atoms with E-state index in [1.807, 2.05) is 12.1 Å². The van der Waals surface area contributed by atoms with Crippen molar-refractivity contribution in [2.75, 3.05) is 45.2 Å². The second-order valence-electron chi connectivity index (χ2n) is 11.8. The van der Waals surface area contributed by atoms with Gasteiger partial charge in [-0.1, -0.05) is 25.5 Å². The number of benzene rings is 2. The Morgan fingerprint density at radius 1 is 1.05 bits per heavy atom. The molecule has 3 aromatic rings. The molecule has 5 rings (SSSR count). The highest BCUT2D eigenvalue weighted by molar-refractivity contribution is 5.83. The quantitative estimate of drug-likeness (QED) is 0.432. The molecule has 0 radical (unpaired) electrons. The first-order valence-corrected chi connectivity index (χ1v) is 14.4. The average Bonchev–Trinajstić information content (AvgIpc) is 2.90. The van der Waals surface area contributed by atoms with Crippen LogP contribution in [0.2, 0.25) is 0 Å². The fourth-order valence-corrected chi connectivity index (χ4v) is 6.90. The van der Waals surface area contributed by atoms with Crippen molar-refractivity contribution in [3.05, 3.63) is 65.9 Å². The number of piperazine rings is 1. The number of fused-ring (bicyclic) bond motifs is 1. The summed E-state index contributed by atoms with van der Waals surface area (Å²) in [5.74, 6) is 0.343. The van der Waals surface area contributed by atoms with Gasteiger partial charge < -0.3 is 15.3 Å². The fourth-order valence-electron chi connectivity index (χ4n) is 6.90. The van der Waals surface area contributed by atoms with Gasteiger partial charge in [-0.25, -0.2) is 0 Å². The molecule has 204 valence electrons. The molecule has 0 aliphatic carbocycles. The fraction of sp³-hybridized carbons (Fsp3) is 0.531. The summed E-state index contributed by atoms with van der Waals surface area (Å²) < 4.78 is 0. The molecule has 2 fully saturated rings. The van der Waals surface area contributed by atoms with Gasteiger partial charge in [-0.2, -0.15) is 0 Å². The molecule has 2 aliphatic heterocycles. The largest absolute Gasteiger partial charge is 0.508 e. The molecule has 3 heterocycles. The number of anilines is 1. The van der Waals surface area contributed by atoms with Crippen LogP contribution in [0.3, 0.4) is 0 Å². The van der Waals surface area contributed by atoms with Crippen LogP contribution in [0.1, 0.15) is 63.6 Å². The maximum atomic E-state index is 10.1. The molecule has 6 nitrogen and oxygen atoms in total. The van der Waals surface area contributed by atoms with Crippen molar-refractivity contribution in [3.63, 3.8) is 0 Å². The minimum Gasteiger partial charge on any atom is -0.508 e. The van der Waals surface area contributed by atoms with Crippen molar-refractivity contribution in [3.8, 4) is 5.75 Å². The van der Waals surface area contributed by atoms with Gasteiger partial charge in [0, 0.05) is 67.1 Å². The Labute approximate surface area is 228 Å². The summed E-state index contributed by atoms with van der Waals surface area (Å²) in [4.78, 5) is 12.4. The van der Waals surface area contributed by atoms with Crippen LogP contribution in [0.4, 0.5) is 5.69 Å². The Kier molecular flexibility index (Phi) is 7.94. The molecule has 2 N–H and O–H groups in total. The van der Waals surface area contributed by atoms with Crippen LogP contribution >= 0.6 is 0 Å². The number of aromatic hydroxyl groups is 1. The Balaban J connectivity index is 1.38. The van der Waals surface area contributed by atoms with Gasteiger partial charge in [0.2, 0.25) is 0 Å². The smallest absolute Gasteiger partial charge is 0.115 e. The van der Waals surface area contributed by atoms with Crippen molar-refractivity contribution >= 4 is 16.6 Å². The Morgan fingerprint density at radius 2 is 1.79 bits per heavy atom. The van der Waals surface area contributed by atoms with E-state index in [1.54, 1.807) is 6.07 Å². The van der Waals surface area contributed by atoms with E-state index in [0.29, 0.717) is 23.9 Å². The molecule has 6 heteroatoms. The molecule has 1 aromatic heterocycles. The number of piperidine rings is 1. The zero-order valence-electron chi connectivity index (χ0n) is 23.8. The number of phenolic OH excluding ortho intramolecular Hbond substituents is 1. The van der Waals surface area contributed by atoms with Gasteiger partial charge in [0.05, 0.1) is 5.52 Å². The molecule has 2 saturated heterocycles. The maximum absolute atomic E-state index is 10.1. The number of aromatic nitrogens is 1. The number of hydrogen-bond acceptors (Lipinski definition) is 6. The van der Waals surface area contributed by atoms with E-state index in [4.69, 9.17) is 4.98 Å². The van der Waals surface area contributed by atoms with Gasteiger partial charge >= 0.3 is 0 Å². The van der Waals surface area contributed by atoms with E-state index in [2.05, 4.69) is 91.4 Å². The second-order valence-corrected chi connectivity index (χ2v) is 11.8. The normalized spacial score (nSPS) is 23.2.